The molecule has 0 aliphatic carbocycles. The summed E-state index contributed by atoms with van der Waals surface area (Å²) in [6.45, 7) is 0. The van der Waals surface area contributed by atoms with Gasteiger partial charge in [-0.15, -0.1) is 11.3 Å². The third-order valence-corrected chi connectivity index (χ3v) is 3.95. The van der Waals surface area contributed by atoms with E-state index in [1.807, 2.05) is 17.5 Å². The molecule has 0 amide bonds. The van der Waals surface area contributed by atoms with Gasteiger partial charge in [0.15, 0.2) is 0 Å². The van der Waals surface area contributed by atoms with Crippen LogP contribution in [0.2, 0.25) is 5.28 Å². The number of halogens is 1. The molecule has 4 nitrogen and oxygen atoms in total. The number of hydrogen-bond acceptors (Lipinski definition) is 6. The van der Waals surface area contributed by atoms with Gasteiger partial charge in [-0.1, -0.05) is 0 Å². The van der Waals surface area contributed by atoms with E-state index in [1.54, 1.807) is 17.5 Å². The summed E-state index contributed by atoms with van der Waals surface area (Å²) in [6.07, 6.45) is 3.21. The monoisotopic (exact) mass is 280 g/mol. The lowest BCUT2D eigenvalue weighted by Gasteiger charge is -2.01. The van der Waals surface area contributed by atoms with Crippen LogP contribution in [0.5, 0.6) is 0 Å². The maximum Gasteiger partial charge on any atom is 0.224 e. The average molecular weight is 281 g/mol. The Morgan fingerprint density at radius 2 is 2.18 bits per heavy atom. The third kappa shape index (κ3) is 2.24. The van der Waals surface area contributed by atoms with E-state index in [-0.39, 0.29) is 5.28 Å². The van der Waals surface area contributed by atoms with Crippen molar-refractivity contribution in [2.24, 2.45) is 0 Å². The molecule has 7 heteroatoms. The Hall–Kier alpha value is -1.24. The van der Waals surface area contributed by atoms with Gasteiger partial charge in [0.05, 0.1) is 0 Å². The lowest BCUT2D eigenvalue weighted by atomic mass is 10.4. The zero-order valence-corrected chi connectivity index (χ0v) is 10.8. The highest BCUT2D eigenvalue weighted by Gasteiger charge is 2.09. The molecule has 0 unspecified atom stereocenters. The fourth-order valence-corrected chi connectivity index (χ4v) is 3.25. The van der Waals surface area contributed by atoms with E-state index in [0.717, 1.165) is 20.3 Å². The highest BCUT2D eigenvalue weighted by molar-refractivity contribution is 7.99. The Morgan fingerprint density at radius 3 is 3.00 bits per heavy atom. The summed E-state index contributed by atoms with van der Waals surface area (Å²) in [5, 5.41) is 4.89. The van der Waals surface area contributed by atoms with Crippen LogP contribution < -0.4 is 0 Å². The molecule has 0 aliphatic heterocycles. The molecule has 3 heterocycles. The summed E-state index contributed by atoms with van der Waals surface area (Å²) in [4.78, 5) is 17.3. The Morgan fingerprint density at radius 1 is 1.24 bits per heavy atom. The van der Waals surface area contributed by atoms with Crippen LogP contribution in [-0.2, 0) is 0 Å². The van der Waals surface area contributed by atoms with Gasteiger partial charge in [0.1, 0.15) is 21.2 Å². The predicted molar refractivity (Wildman–Crippen MR) is 68.6 cm³/mol. The largest absolute Gasteiger partial charge is 0.245 e. The first-order valence-electron chi connectivity index (χ1n) is 4.67. The lowest BCUT2D eigenvalue weighted by Crippen LogP contribution is -1.87. The number of thiophene rings is 1. The van der Waals surface area contributed by atoms with Crippen molar-refractivity contribution in [3.63, 3.8) is 0 Å². The number of hydrogen-bond donors (Lipinski definition) is 0. The van der Waals surface area contributed by atoms with E-state index < -0.39 is 0 Å². The Kier molecular flexibility index (Phi) is 2.92. The maximum atomic E-state index is 5.89. The van der Waals surface area contributed by atoms with Crippen molar-refractivity contribution in [3.05, 3.63) is 35.3 Å². The second-order valence-electron chi connectivity index (χ2n) is 3.09. The van der Waals surface area contributed by atoms with Gasteiger partial charge in [0, 0.05) is 11.6 Å². The van der Waals surface area contributed by atoms with Gasteiger partial charge in [-0.2, -0.15) is 0 Å². The summed E-state index contributed by atoms with van der Waals surface area (Å²) >= 11 is 8.89. The molecular formula is C10H5ClN4S2. The van der Waals surface area contributed by atoms with Gasteiger partial charge in [0.2, 0.25) is 5.28 Å². The summed E-state index contributed by atoms with van der Waals surface area (Å²) in [5.41, 5.74) is 0. The Bertz CT molecular complexity index is 656. The Balaban J connectivity index is 2.08. The topological polar surface area (TPSA) is 51.6 Å². The molecule has 0 saturated carbocycles. The summed E-state index contributed by atoms with van der Waals surface area (Å²) in [7, 11) is 0. The van der Waals surface area contributed by atoms with Gasteiger partial charge in [0.25, 0.3) is 0 Å². The second-order valence-corrected chi connectivity index (χ2v) is 5.33. The van der Waals surface area contributed by atoms with Crippen molar-refractivity contribution < 1.29 is 0 Å². The normalized spacial score (nSPS) is 10.9. The summed E-state index contributed by atoms with van der Waals surface area (Å²) < 4.78 is 0. The van der Waals surface area contributed by atoms with E-state index in [1.165, 1.54) is 18.1 Å². The first-order chi connectivity index (χ1) is 8.33. The standard InChI is InChI=1S/C10H5ClN4S2/c11-10-14-8-6(2-4-16-8)9(15-10)17-7-1-3-12-5-13-7/h1-5H. The molecule has 0 radical (unpaired) electrons. The van der Waals surface area contributed by atoms with Gasteiger partial charge in [-0.05, 0) is 40.9 Å². The molecule has 0 aromatic carbocycles. The van der Waals surface area contributed by atoms with Crippen LogP contribution >= 0.6 is 34.7 Å². The van der Waals surface area contributed by atoms with E-state index in [4.69, 9.17) is 11.6 Å². The number of nitrogens with zero attached hydrogens (tertiary/aromatic N) is 4. The van der Waals surface area contributed by atoms with Crippen molar-refractivity contribution in [3.8, 4) is 0 Å². The fourth-order valence-electron chi connectivity index (χ4n) is 1.32. The van der Waals surface area contributed by atoms with Crippen LogP contribution in [0.25, 0.3) is 10.2 Å². The molecular weight excluding hydrogens is 276 g/mol. The zero-order valence-electron chi connectivity index (χ0n) is 8.37. The van der Waals surface area contributed by atoms with Gasteiger partial charge in [-0.25, -0.2) is 19.9 Å². The number of aromatic nitrogens is 4. The first-order valence-corrected chi connectivity index (χ1v) is 6.75. The molecule has 3 aromatic heterocycles. The maximum absolute atomic E-state index is 5.89. The molecule has 0 atom stereocenters. The first kappa shape index (κ1) is 10.9. The van der Waals surface area contributed by atoms with E-state index >= 15 is 0 Å². The van der Waals surface area contributed by atoms with Crippen LogP contribution in [0.1, 0.15) is 0 Å². The van der Waals surface area contributed by atoms with Gasteiger partial charge in [-0.3, -0.25) is 0 Å². The average Bonchev–Trinajstić information content (AvgIpc) is 2.78. The highest BCUT2D eigenvalue weighted by atomic mass is 35.5. The molecule has 0 spiro atoms. The number of rotatable bonds is 2. The van der Waals surface area contributed by atoms with Crippen LogP contribution in [-0.4, -0.2) is 19.9 Å². The quantitative estimate of drug-likeness (QED) is 0.532. The predicted octanol–water partition coefficient (Wildman–Crippen LogP) is 3.29. The van der Waals surface area contributed by atoms with E-state index in [2.05, 4.69) is 19.9 Å². The van der Waals surface area contributed by atoms with Crippen LogP contribution in [0.4, 0.5) is 0 Å². The van der Waals surface area contributed by atoms with Crippen molar-refractivity contribution >= 4 is 44.9 Å². The zero-order chi connectivity index (χ0) is 11.7. The van der Waals surface area contributed by atoms with Crippen molar-refractivity contribution in [1.82, 2.24) is 19.9 Å². The lowest BCUT2D eigenvalue weighted by molar-refractivity contribution is 1.04. The molecule has 0 aliphatic rings. The summed E-state index contributed by atoms with van der Waals surface area (Å²) in [5.74, 6) is 0. The molecule has 0 saturated heterocycles. The van der Waals surface area contributed by atoms with Crippen LogP contribution in [0.3, 0.4) is 0 Å². The molecule has 84 valence electrons. The summed E-state index contributed by atoms with van der Waals surface area (Å²) in [6, 6.07) is 3.82. The fraction of sp³-hybridized carbons (Fsp3) is 0. The van der Waals surface area contributed by atoms with Gasteiger partial charge >= 0.3 is 0 Å². The van der Waals surface area contributed by atoms with E-state index in [0.29, 0.717) is 0 Å². The number of fused-ring (bicyclic) bond motifs is 1. The van der Waals surface area contributed by atoms with Gasteiger partial charge < -0.3 is 0 Å². The molecule has 3 rings (SSSR count). The molecule has 3 aromatic rings. The van der Waals surface area contributed by atoms with Crippen molar-refractivity contribution in [2.45, 2.75) is 10.1 Å². The Labute approximate surface area is 110 Å². The minimum absolute atomic E-state index is 0.261. The van der Waals surface area contributed by atoms with E-state index in [9.17, 15) is 0 Å². The molecule has 0 fully saturated rings. The molecule has 0 bridgehead atoms. The van der Waals surface area contributed by atoms with Crippen molar-refractivity contribution in [2.75, 3.05) is 0 Å². The second kappa shape index (κ2) is 4.56. The molecule has 17 heavy (non-hydrogen) atoms. The van der Waals surface area contributed by atoms with Crippen molar-refractivity contribution in [1.29, 1.82) is 0 Å². The smallest absolute Gasteiger partial charge is 0.224 e. The van der Waals surface area contributed by atoms with Crippen LogP contribution in [0.15, 0.2) is 40.1 Å². The van der Waals surface area contributed by atoms with Crippen LogP contribution in [0, 0.1) is 0 Å². The molecule has 0 N–H and O–H groups in total. The minimum atomic E-state index is 0.261. The minimum Gasteiger partial charge on any atom is -0.245 e. The SMILES string of the molecule is Clc1nc(Sc2ccncn2)c2ccsc2n1. The highest BCUT2D eigenvalue weighted by Crippen LogP contribution is 2.32. The third-order valence-electron chi connectivity index (χ3n) is 2.02.